The molecule has 0 spiro atoms. The Bertz CT molecular complexity index is 599. The molecule has 2 nitrogen and oxygen atoms in total. The maximum atomic E-state index is 5.30. The number of fused-ring (bicyclic) bond motifs is 1. The lowest BCUT2D eigenvalue weighted by Gasteiger charge is -2.08. The van der Waals surface area contributed by atoms with Gasteiger partial charge in [0.15, 0.2) is 0 Å². The summed E-state index contributed by atoms with van der Waals surface area (Å²) in [5.74, 6) is 1.02. The van der Waals surface area contributed by atoms with Gasteiger partial charge in [-0.25, -0.2) is 0 Å². The van der Waals surface area contributed by atoms with Crippen molar-refractivity contribution >= 4 is 17.0 Å². The molecule has 0 unspecified atom stereocenters. The van der Waals surface area contributed by atoms with Crippen molar-refractivity contribution in [1.82, 2.24) is 0 Å². The molecule has 2 aromatic carbocycles. The van der Waals surface area contributed by atoms with Crippen molar-refractivity contribution in [3.63, 3.8) is 0 Å². The summed E-state index contributed by atoms with van der Waals surface area (Å²) in [4.78, 5) is 5.30. The Labute approximate surface area is 121 Å². The molecule has 0 aliphatic carbocycles. The predicted octanol–water partition coefficient (Wildman–Crippen LogP) is 4.97. The third-order valence-corrected chi connectivity index (χ3v) is 3.28. The SMILES string of the molecule is CC(C)CO/N=C/c1cccc2ccc(C(C)C)cc12. The number of hydrogen-bond donors (Lipinski definition) is 0. The Morgan fingerprint density at radius 3 is 2.60 bits per heavy atom. The Morgan fingerprint density at radius 2 is 1.90 bits per heavy atom. The summed E-state index contributed by atoms with van der Waals surface area (Å²) in [6.07, 6.45) is 1.81. The first kappa shape index (κ1) is 14.6. The number of hydrogen-bond acceptors (Lipinski definition) is 2. The van der Waals surface area contributed by atoms with Crippen molar-refractivity contribution in [2.75, 3.05) is 6.61 Å². The third-order valence-electron chi connectivity index (χ3n) is 3.28. The minimum Gasteiger partial charge on any atom is -0.396 e. The van der Waals surface area contributed by atoms with Crippen molar-refractivity contribution in [2.45, 2.75) is 33.6 Å². The summed E-state index contributed by atoms with van der Waals surface area (Å²) >= 11 is 0. The van der Waals surface area contributed by atoms with Crippen molar-refractivity contribution in [1.29, 1.82) is 0 Å². The second-order valence-electron chi connectivity index (χ2n) is 5.91. The Kier molecular flexibility index (Phi) is 4.78. The molecule has 20 heavy (non-hydrogen) atoms. The van der Waals surface area contributed by atoms with E-state index in [1.165, 1.54) is 16.3 Å². The lowest BCUT2D eigenvalue weighted by atomic mass is 9.97. The van der Waals surface area contributed by atoms with Crippen molar-refractivity contribution in [3.05, 3.63) is 47.5 Å². The molecule has 0 heterocycles. The van der Waals surface area contributed by atoms with Crippen LogP contribution in [0.3, 0.4) is 0 Å². The second-order valence-corrected chi connectivity index (χ2v) is 5.91. The first-order valence-electron chi connectivity index (χ1n) is 7.26. The molecular weight excluding hydrogens is 246 g/mol. The van der Waals surface area contributed by atoms with Gasteiger partial charge >= 0.3 is 0 Å². The van der Waals surface area contributed by atoms with Crippen LogP contribution < -0.4 is 0 Å². The maximum Gasteiger partial charge on any atom is 0.119 e. The summed E-state index contributed by atoms with van der Waals surface area (Å²) in [5, 5.41) is 6.55. The molecule has 0 amide bonds. The Hall–Kier alpha value is -1.83. The minimum absolute atomic E-state index is 0.493. The van der Waals surface area contributed by atoms with E-state index in [4.69, 9.17) is 4.84 Å². The van der Waals surface area contributed by atoms with Gasteiger partial charge < -0.3 is 4.84 Å². The van der Waals surface area contributed by atoms with Crippen LogP contribution in [0.1, 0.15) is 44.7 Å². The van der Waals surface area contributed by atoms with Gasteiger partial charge in [-0.1, -0.05) is 69.2 Å². The highest BCUT2D eigenvalue weighted by Gasteiger charge is 2.03. The van der Waals surface area contributed by atoms with E-state index in [1.54, 1.807) is 0 Å². The van der Waals surface area contributed by atoms with Gasteiger partial charge in [0.25, 0.3) is 0 Å². The molecule has 0 fully saturated rings. The Morgan fingerprint density at radius 1 is 1.10 bits per heavy atom. The van der Waals surface area contributed by atoms with Crippen LogP contribution in [-0.2, 0) is 4.84 Å². The lowest BCUT2D eigenvalue weighted by Crippen LogP contribution is -1.97. The number of rotatable bonds is 5. The standard InChI is InChI=1S/C18H23NO/c1-13(2)12-20-19-11-17-7-5-6-15-8-9-16(14(3)4)10-18(15)17/h5-11,13-14H,12H2,1-4H3/b19-11+. The largest absolute Gasteiger partial charge is 0.396 e. The molecule has 0 aromatic heterocycles. The zero-order valence-electron chi connectivity index (χ0n) is 12.8. The van der Waals surface area contributed by atoms with Crippen LogP contribution >= 0.6 is 0 Å². The fourth-order valence-electron chi connectivity index (χ4n) is 2.07. The summed E-state index contributed by atoms with van der Waals surface area (Å²) in [7, 11) is 0. The van der Waals surface area contributed by atoms with Gasteiger partial charge in [-0.2, -0.15) is 0 Å². The van der Waals surface area contributed by atoms with Crippen LogP contribution in [0, 0.1) is 5.92 Å². The van der Waals surface area contributed by atoms with Crippen LogP contribution in [0.15, 0.2) is 41.6 Å². The molecule has 0 radical (unpaired) electrons. The van der Waals surface area contributed by atoms with Gasteiger partial charge in [0.05, 0.1) is 6.21 Å². The molecule has 0 bridgehead atoms. The van der Waals surface area contributed by atoms with E-state index in [2.05, 4.69) is 69.2 Å². The number of nitrogens with zero attached hydrogens (tertiary/aromatic N) is 1. The molecule has 2 rings (SSSR count). The van der Waals surface area contributed by atoms with Crippen molar-refractivity contribution < 1.29 is 4.84 Å². The molecule has 106 valence electrons. The van der Waals surface area contributed by atoms with Gasteiger partial charge in [-0.05, 0) is 28.2 Å². The number of benzene rings is 2. The molecule has 0 aliphatic rings. The van der Waals surface area contributed by atoms with Crippen molar-refractivity contribution in [2.24, 2.45) is 11.1 Å². The van der Waals surface area contributed by atoms with Crippen LogP contribution in [0.2, 0.25) is 0 Å². The van der Waals surface area contributed by atoms with E-state index >= 15 is 0 Å². The third kappa shape index (κ3) is 3.60. The maximum absolute atomic E-state index is 5.30. The zero-order valence-corrected chi connectivity index (χ0v) is 12.8. The second kappa shape index (κ2) is 6.56. The molecule has 0 aliphatic heterocycles. The normalized spacial score (nSPS) is 11.9. The van der Waals surface area contributed by atoms with Crippen LogP contribution in [0.25, 0.3) is 10.8 Å². The molecule has 0 N–H and O–H groups in total. The van der Waals surface area contributed by atoms with Gasteiger partial charge in [-0.15, -0.1) is 0 Å². The molecule has 0 atom stereocenters. The fourth-order valence-corrected chi connectivity index (χ4v) is 2.07. The molecule has 2 aromatic rings. The fraction of sp³-hybridized carbons (Fsp3) is 0.389. The predicted molar refractivity (Wildman–Crippen MR) is 86.4 cm³/mol. The van der Waals surface area contributed by atoms with Crippen LogP contribution in [0.5, 0.6) is 0 Å². The monoisotopic (exact) mass is 269 g/mol. The summed E-state index contributed by atoms with van der Waals surface area (Å²) in [6.45, 7) is 9.30. The summed E-state index contributed by atoms with van der Waals surface area (Å²) in [5.41, 5.74) is 2.45. The smallest absolute Gasteiger partial charge is 0.119 e. The van der Waals surface area contributed by atoms with Gasteiger partial charge in [0, 0.05) is 5.56 Å². The zero-order chi connectivity index (χ0) is 14.5. The highest BCUT2D eigenvalue weighted by atomic mass is 16.6. The molecular formula is C18H23NO. The van der Waals surface area contributed by atoms with Gasteiger partial charge in [0.1, 0.15) is 6.61 Å². The topological polar surface area (TPSA) is 21.6 Å². The van der Waals surface area contributed by atoms with E-state index in [-0.39, 0.29) is 0 Å². The van der Waals surface area contributed by atoms with Crippen molar-refractivity contribution in [3.8, 4) is 0 Å². The average molecular weight is 269 g/mol. The minimum atomic E-state index is 0.493. The van der Waals surface area contributed by atoms with Gasteiger partial charge in [0.2, 0.25) is 0 Å². The van der Waals surface area contributed by atoms with E-state index in [0.717, 1.165) is 5.56 Å². The molecule has 2 heteroatoms. The highest BCUT2D eigenvalue weighted by molar-refractivity contribution is 5.99. The summed E-state index contributed by atoms with van der Waals surface area (Å²) < 4.78 is 0. The van der Waals surface area contributed by atoms with E-state index in [0.29, 0.717) is 18.4 Å². The van der Waals surface area contributed by atoms with Gasteiger partial charge in [-0.3, -0.25) is 0 Å². The first-order chi connectivity index (χ1) is 9.58. The molecule has 0 saturated heterocycles. The van der Waals surface area contributed by atoms with E-state index in [1.807, 2.05) is 6.21 Å². The average Bonchev–Trinajstić information content (AvgIpc) is 2.42. The van der Waals surface area contributed by atoms with Crippen LogP contribution in [0.4, 0.5) is 0 Å². The first-order valence-corrected chi connectivity index (χ1v) is 7.26. The Balaban J connectivity index is 2.30. The van der Waals surface area contributed by atoms with E-state index < -0.39 is 0 Å². The quantitative estimate of drug-likeness (QED) is 0.554. The highest BCUT2D eigenvalue weighted by Crippen LogP contribution is 2.23. The number of oxime groups is 1. The summed E-state index contributed by atoms with van der Waals surface area (Å²) in [6, 6.07) is 12.9. The molecule has 0 saturated carbocycles. The van der Waals surface area contributed by atoms with E-state index in [9.17, 15) is 0 Å². The lowest BCUT2D eigenvalue weighted by molar-refractivity contribution is 0.120. The van der Waals surface area contributed by atoms with Crippen LogP contribution in [-0.4, -0.2) is 12.8 Å².